The molecular formula is C17H17ClN2O3. The van der Waals surface area contributed by atoms with Gasteiger partial charge in [0.1, 0.15) is 13.2 Å². The SMILES string of the molecule is O=C(NCc1ccc2c(c1)OCCO2)NCc1ccccc1Cl. The summed E-state index contributed by atoms with van der Waals surface area (Å²) in [5.74, 6) is 1.45. The van der Waals surface area contributed by atoms with Crippen LogP contribution in [0.15, 0.2) is 42.5 Å². The minimum atomic E-state index is -0.250. The first kappa shape index (κ1) is 15.5. The average Bonchev–Trinajstić information content (AvgIpc) is 2.59. The van der Waals surface area contributed by atoms with Crippen molar-refractivity contribution in [2.75, 3.05) is 13.2 Å². The lowest BCUT2D eigenvalue weighted by Crippen LogP contribution is -2.34. The molecule has 0 aromatic heterocycles. The molecule has 3 rings (SSSR count). The van der Waals surface area contributed by atoms with Gasteiger partial charge in [-0.1, -0.05) is 35.9 Å². The standard InChI is InChI=1S/C17H17ClN2O3/c18-14-4-2-1-3-13(14)11-20-17(21)19-10-12-5-6-15-16(9-12)23-8-7-22-15/h1-6,9H,7-8,10-11H2,(H2,19,20,21). The molecule has 0 unspecified atom stereocenters. The average molecular weight is 333 g/mol. The Labute approximate surface area is 139 Å². The summed E-state index contributed by atoms with van der Waals surface area (Å²) in [6, 6.07) is 12.8. The van der Waals surface area contributed by atoms with Crippen LogP contribution in [0, 0.1) is 0 Å². The Morgan fingerprint density at radius 2 is 1.74 bits per heavy atom. The molecule has 0 aliphatic carbocycles. The molecule has 1 aliphatic heterocycles. The zero-order chi connectivity index (χ0) is 16.1. The van der Waals surface area contributed by atoms with Gasteiger partial charge in [0, 0.05) is 18.1 Å². The van der Waals surface area contributed by atoms with Crippen molar-refractivity contribution in [3.05, 3.63) is 58.6 Å². The van der Waals surface area contributed by atoms with E-state index in [0.717, 1.165) is 16.9 Å². The Kier molecular flexibility index (Phi) is 4.88. The van der Waals surface area contributed by atoms with Crippen LogP contribution >= 0.6 is 11.6 Å². The van der Waals surface area contributed by atoms with Crippen LogP contribution in [0.5, 0.6) is 11.5 Å². The summed E-state index contributed by atoms with van der Waals surface area (Å²) in [5, 5.41) is 6.23. The molecule has 120 valence electrons. The number of ether oxygens (including phenoxy) is 2. The number of fused-ring (bicyclic) bond motifs is 1. The number of carbonyl (C=O) groups is 1. The summed E-state index contributed by atoms with van der Waals surface area (Å²) in [7, 11) is 0. The maximum atomic E-state index is 11.9. The van der Waals surface area contributed by atoms with Crippen molar-refractivity contribution in [1.29, 1.82) is 0 Å². The molecule has 0 fully saturated rings. The molecule has 1 aliphatic rings. The van der Waals surface area contributed by atoms with Crippen LogP contribution in [0.3, 0.4) is 0 Å². The predicted octanol–water partition coefficient (Wildman–Crippen LogP) is 3.11. The minimum absolute atomic E-state index is 0.250. The van der Waals surface area contributed by atoms with Gasteiger partial charge < -0.3 is 20.1 Å². The number of carbonyl (C=O) groups excluding carboxylic acids is 1. The van der Waals surface area contributed by atoms with E-state index in [-0.39, 0.29) is 6.03 Å². The van der Waals surface area contributed by atoms with Crippen molar-refractivity contribution >= 4 is 17.6 Å². The maximum absolute atomic E-state index is 11.9. The molecule has 2 aromatic carbocycles. The van der Waals surface area contributed by atoms with E-state index in [2.05, 4.69) is 10.6 Å². The van der Waals surface area contributed by atoms with E-state index in [4.69, 9.17) is 21.1 Å². The molecule has 0 atom stereocenters. The van der Waals surface area contributed by atoms with Crippen molar-refractivity contribution < 1.29 is 14.3 Å². The first-order valence-electron chi connectivity index (χ1n) is 7.36. The zero-order valence-corrected chi connectivity index (χ0v) is 13.2. The minimum Gasteiger partial charge on any atom is -0.486 e. The molecule has 6 heteroatoms. The van der Waals surface area contributed by atoms with Gasteiger partial charge in [-0.25, -0.2) is 4.79 Å². The van der Waals surface area contributed by atoms with Crippen LogP contribution in [-0.4, -0.2) is 19.2 Å². The Bertz CT molecular complexity index is 706. The molecule has 0 saturated heterocycles. The van der Waals surface area contributed by atoms with Crippen LogP contribution in [-0.2, 0) is 13.1 Å². The van der Waals surface area contributed by atoms with Gasteiger partial charge in [-0.05, 0) is 29.3 Å². The number of benzene rings is 2. The van der Waals surface area contributed by atoms with Gasteiger partial charge in [0.2, 0.25) is 0 Å². The maximum Gasteiger partial charge on any atom is 0.315 e. The molecule has 0 saturated carbocycles. The quantitative estimate of drug-likeness (QED) is 0.904. The highest BCUT2D eigenvalue weighted by Crippen LogP contribution is 2.30. The smallest absolute Gasteiger partial charge is 0.315 e. The number of hydrogen-bond donors (Lipinski definition) is 2. The van der Waals surface area contributed by atoms with Crippen LogP contribution in [0.25, 0.3) is 0 Å². The molecule has 5 nitrogen and oxygen atoms in total. The van der Waals surface area contributed by atoms with E-state index in [1.807, 2.05) is 36.4 Å². The molecule has 2 amide bonds. The van der Waals surface area contributed by atoms with Crippen molar-refractivity contribution in [1.82, 2.24) is 10.6 Å². The highest BCUT2D eigenvalue weighted by Gasteiger charge is 2.12. The zero-order valence-electron chi connectivity index (χ0n) is 12.5. The summed E-state index contributed by atoms with van der Waals surface area (Å²) in [4.78, 5) is 11.9. The number of amides is 2. The molecular weight excluding hydrogens is 316 g/mol. The van der Waals surface area contributed by atoms with Crippen LogP contribution in [0.1, 0.15) is 11.1 Å². The molecule has 0 bridgehead atoms. The van der Waals surface area contributed by atoms with E-state index >= 15 is 0 Å². The molecule has 2 N–H and O–H groups in total. The topological polar surface area (TPSA) is 59.6 Å². The molecule has 1 heterocycles. The Balaban J connectivity index is 1.50. The van der Waals surface area contributed by atoms with Crippen LogP contribution in [0.2, 0.25) is 5.02 Å². The van der Waals surface area contributed by atoms with Gasteiger partial charge in [-0.15, -0.1) is 0 Å². The molecule has 0 radical (unpaired) electrons. The lowest BCUT2D eigenvalue weighted by Gasteiger charge is -2.19. The molecule has 23 heavy (non-hydrogen) atoms. The van der Waals surface area contributed by atoms with Crippen molar-refractivity contribution in [3.63, 3.8) is 0 Å². The van der Waals surface area contributed by atoms with Gasteiger partial charge in [-0.2, -0.15) is 0 Å². The van der Waals surface area contributed by atoms with E-state index in [1.54, 1.807) is 6.07 Å². The first-order chi connectivity index (χ1) is 11.2. The second kappa shape index (κ2) is 7.24. The van der Waals surface area contributed by atoms with Gasteiger partial charge in [0.15, 0.2) is 11.5 Å². The normalized spacial score (nSPS) is 12.6. The lowest BCUT2D eigenvalue weighted by atomic mass is 10.2. The highest BCUT2D eigenvalue weighted by atomic mass is 35.5. The van der Waals surface area contributed by atoms with Gasteiger partial charge in [0.05, 0.1) is 0 Å². The highest BCUT2D eigenvalue weighted by molar-refractivity contribution is 6.31. The van der Waals surface area contributed by atoms with Gasteiger partial charge >= 0.3 is 6.03 Å². The van der Waals surface area contributed by atoms with Crippen LogP contribution in [0.4, 0.5) is 4.79 Å². The van der Waals surface area contributed by atoms with Gasteiger partial charge in [-0.3, -0.25) is 0 Å². The largest absolute Gasteiger partial charge is 0.486 e. The van der Waals surface area contributed by atoms with E-state index in [1.165, 1.54) is 0 Å². The third-order valence-electron chi connectivity index (χ3n) is 3.46. The Morgan fingerprint density at radius 1 is 1.00 bits per heavy atom. The molecule has 2 aromatic rings. The second-order valence-electron chi connectivity index (χ2n) is 5.11. The second-order valence-corrected chi connectivity index (χ2v) is 5.51. The van der Waals surface area contributed by atoms with E-state index < -0.39 is 0 Å². The van der Waals surface area contributed by atoms with Crippen molar-refractivity contribution in [3.8, 4) is 11.5 Å². The summed E-state index contributed by atoms with van der Waals surface area (Å²) >= 11 is 6.05. The summed E-state index contributed by atoms with van der Waals surface area (Å²) in [5.41, 5.74) is 1.82. The van der Waals surface area contributed by atoms with Crippen LogP contribution < -0.4 is 20.1 Å². The fourth-order valence-electron chi connectivity index (χ4n) is 2.26. The van der Waals surface area contributed by atoms with Crippen molar-refractivity contribution in [2.45, 2.75) is 13.1 Å². The fraction of sp³-hybridized carbons (Fsp3) is 0.235. The third kappa shape index (κ3) is 4.07. The summed E-state index contributed by atoms with van der Waals surface area (Å²) in [6.07, 6.45) is 0. The molecule has 0 spiro atoms. The van der Waals surface area contributed by atoms with Gasteiger partial charge in [0.25, 0.3) is 0 Å². The number of halogens is 1. The Hall–Kier alpha value is -2.40. The fourth-order valence-corrected chi connectivity index (χ4v) is 2.46. The number of urea groups is 1. The van der Waals surface area contributed by atoms with Crippen molar-refractivity contribution in [2.24, 2.45) is 0 Å². The predicted molar refractivity (Wildman–Crippen MR) is 88.0 cm³/mol. The van der Waals surface area contributed by atoms with E-state index in [0.29, 0.717) is 37.1 Å². The third-order valence-corrected chi connectivity index (χ3v) is 3.83. The first-order valence-corrected chi connectivity index (χ1v) is 7.74. The Morgan fingerprint density at radius 3 is 2.57 bits per heavy atom. The summed E-state index contributed by atoms with van der Waals surface area (Å²) in [6.45, 7) is 1.90. The number of nitrogens with one attached hydrogen (secondary N) is 2. The lowest BCUT2D eigenvalue weighted by molar-refractivity contribution is 0.171. The monoisotopic (exact) mass is 332 g/mol. The number of rotatable bonds is 4. The van der Waals surface area contributed by atoms with E-state index in [9.17, 15) is 4.79 Å². The summed E-state index contributed by atoms with van der Waals surface area (Å²) < 4.78 is 11.0. The number of hydrogen-bond acceptors (Lipinski definition) is 3.